The van der Waals surface area contributed by atoms with E-state index in [1.807, 2.05) is 0 Å². The second kappa shape index (κ2) is 29.3. The molecule has 2 unspecified atom stereocenters. The Bertz CT molecular complexity index is 635. The highest BCUT2D eigenvalue weighted by Gasteiger charge is 2.24. The van der Waals surface area contributed by atoms with Crippen molar-refractivity contribution in [2.75, 3.05) is 0 Å². The molecule has 0 aromatic carbocycles. The Balaban J connectivity index is 2.05. The first-order valence-electron chi connectivity index (χ1n) is 19.3. The van der Waals surface area contributed by atoms with Crippen molar-refractivity contribution in [3.05, 3.63) is 18.2 Å². The minimum absolute atomic E-state index is 0.620. The summed E-state index contributed by atoms with van der Waals surface area (Å²) < 4.78 is 2.58. The van der Waals surface area contributed by atoms with Crippen LogP contribution in [0.2, 0.25) is 0 Å². The Hall–Kier alpha value is -0.790. The Morgan fingerprint density at radius 1 is 0.488 bits per heavy atom. The number of aromatic nitrogens is 2. The molecule has 1 N–H and O–H groups in total. The first-order chi connectivity index (χ1) is 20.2. The lowest BCUT2D eigenvalue weighted by atomic mass is 9.96. The predicted octanol–water partition coefficient (Wildman–Crippen LogP) is 13.7. The van der Waals surface area contributed by atoms with Gasteiger partial charge in [-0.05, 0) is 32.6 Å². The molecule has 1 aromatic heterocycles. The van der Waals surface area contributed by atoms with Gasteiger partial charge in [0.2, 0.25) is 0 Å². The van der Waals surface area contributed by atoms with Gasteiger partial charge in [-0.3, -0.25) is 0 Å². The van der Waals surface area contributed by atoms with E-state index in [2.05, 4.69) is 49.6 Å². The van der Waals surface area contributed by atoms with Gasteiger partial charge < -0.3 is 0 Å². The van der Waals surface area contributed by atoms with Crippen molar-refractivity contribution in [2.45, 2.75) is 232 Å². The molecule has 1 rings (SSSR count). The number of hydrogen-bond acceptors (Lipinski definition) is 0. The summed E-state index contributed by atoms with van der Waals surface area (Å²) in [5.74, 6) is 2.18. The number of hydrogen-bond donors (Lipinski definition) is 1. The highest BCUT2D eigenvalue weighted by atomic mass is 15.1. The molecule has 0 saturated heterocycles. The van der Waals surface area contributed by atoms with E-state index in [1.54, 1.807) is 0 Å². The number of nitrogens with one attached hydrogen (secondary N) is 1. The maximum absolute atomic E-state index is 3.65. The number of unbranched alkanes of at least 4 members (excludes halogenated alkanes) is 25. The smallest absolute Gasteiger partial charge is 0.247 e. The second-order valence-corrected chi connectivity index (χ2v) is 13.6. The molecule has 1 aromatic rings. The van der Waals surface area contributed by atoms with Crippen LogP contribution in [0.15, 0.2) is 12.4 Å². The molecule has 0 aliphatic heterocycles. The van der Waals surface area contributed by atoms with Gasteiger partial charge in [0, 0.05) is 0 Å². The molecule has 0 amide bonds. The van der Waals surface area contributed by atoms with E-state index in [4.69, 9.17) is 0 Å². The van der Waals surface area contributed by atoms with Crippen LogP contribution in [-0.4, -0.2) is 4.98 Å². The SMILES string of the molecule is CCCCCCCCCCCCCCCCCCC(CC)c1[nH]cc[n+]1C(C)CCCCCCCCCCCCC. The average Bonchev–Trinajstić information content (AvgIpc) is 3.47. The molecule has 2 nitrogen and oxygen atoms in total. The Kier molecular flexibility index (Phi) is 27.3. The minimum Gasteiger partial charge on any atom is -0.247 e. The van der Waals surface area contributed by atoms with Crippen LogP contribution >= 0.6 is 0 Å². The van der Waals surface area contributed by atoms with E-state index in [0.717, 1.165) is 0 Å². The number of rotatable bonds is 32. The normalized spacial score (nSPS) is 13.2. The van der Waals surface area contributed by atoms with Gasteiger partial charge in [0.25, 0.3) is 5.82 Å². The van der Waals surface area contributed by atoms with Crippen LogP contribution in [0.5, 0.6) is 0 Å². The van der Waals surface area contributed by atoms with Crippen molar-refractivity contribution in [1.82, 2.24) is 4.98 Å². The fraction of sp³-hybridized carbons (Fsp3) is 0.923. The summed E-state index contributed by atoms with van der Waals surface area (Å²) in [5.41, 5.74) is 0. The molecule has 0 spiro atoms. The second-order valence-electron chi connectivity index (χ2n) is 13.6. The fourth-order valence-corrected chi connectivity index (χ4v) is 6.79. The summed E-state index contributed by atoms with van der Waals surface area (Å²) in [5, 5.41) is 0. The first-order valence-corrected chi connectivity index (χ1v) is 19.3. The van der Waals surface area contributed by atoms with Crippen LogP contribution in [0.4, 0.5) is 0 Å². The van der Waals surface area contributed by atoms with Crippen molar-refractivity contribution >= 4 is 0 Å². The van der Waals surface area contributed by atoms with Gasteiger partial charge in [-0.15, -0.1) is 0 Å². The number of imidazole rings is 1. The lowest BCUT2D eigenvalue weighted by Crippen LogP contribution is -2.41. The monoisotopic (exact) mass is 574 g/mol. The van der Waals surface area contributed by atoms with Crippen molar-refractivity contribution in [2.24, 2.45) is 0 Å². The zero-order chi connectivity index (χ0) is 29.6. The van der Waals surface area contributed by atoms with Crippen molar-refractivity contribution in [1.29, 1.82) is 0 Å². The van der Waals surface area contributed by atoms with Gasteiger partial charge in [-0.25, -0.2) is 9.55 Å². The number of aromatic amines is 1. The molecule has 41 heavy (non-hydrogen) atoms. The van der Waals surface area contributed by atoms with Gasteiger partial charge in [0.05, 0.1) is 12.0 Å². The fourth-order valence-electron chi connectivity index (χ4n) is 6.79. The van der Waals surface area contributed by atoms with Gasteiger partial charge in [-0.1, -0.05) is 188 Å². The van der Waals surface area contributed by atoms with Gasteiger partial charge in [0.15, 0.2) is 0 Å². The van der Waals surface area contributed by atoms with Gasteiger partial charge in [-0.2, -0.15) is 0 Å². The summed E-state index contributed by atoms with van der Waals surface area (Å²) in [6, 6.07) is 0.620. The topological polar surface area (TPSA) is 19.7 Å². The third-order valence-corrected chi connectivity index (χ3v) is 9.73. The molecule has 242 valence electrons. The van der Waals surface area contributed by atoms with Crippen LogP contribution in [-0.2, 0) is 0 Å². The quantitative estimate of drug-likeness (QED) is 0.0653. The van der Waals surface area contributed by atoms with E-state index < -0.39 is 0 Å². The Morgan fingerprint density at radius 3 is 1.20 bits per heavy atom. The van der Waals surface area contributed by atoms with Gasteiger partial charge in [0.1, 0.15) is 12.4 Å². The maximum atomic E-state index is 3.65. The molecule has 0 bridgehead atoms. The summed E-state index contributed by atoms with van der Waals surface area (Å²) in [6.07, 6.45) is 47.4. The van der Waals surface area contributed by atoms with E-state index in [-0.39, 0.29) is 0 Å². The Morgan fingerprint density at radius 2 is 0.829 bits per heavy atom. The van der Waals surface area contributed by atoms with E-state index >= 15 is 0 Å². The van der Waals surface area contributed by atoms with Gasteiger partial charge >= 0.3 is 0 Å². The highest BCUT2D eigenvalue weighted by Crippen LogP contribution is 2.24. The summed E-state index contributed by atoms with van der Waals surface area (Å²) in [7, 11) is 0. The molecule has 0 aliphatic carbocycles. The van der Waals surface area contributed by atoms with E-state index in [0.29, 0.717) is 12.0 Å². The number of nitrogens with zero attached hydrogens (tertiary/aromatic N) is 1. The first kappa shape index (κ1) is 38.2. The molecule has 2 heteroatoms. The van der Waals surface area contributed by atoms with Crippen LogP contribution in [0, 0.1) is 0 Å². The van der Waals surface area contributed by atoms with Crippen molar-refractivity contribution in [3.63, 3.8) is 0 Å². The minimum atomic E-state index is 0.620. The largest absolute Gasteiger partial charge is 0.257 e. The summed E-state index contributed by atoms with van der Waals surface area (Å²) in [6.45, 7) is 9.44. The molecular formula is C39H77N2+. The lowest BCUT2D eigenvalue weighted by molar-refractivity contribution is -0.727. The van der Waals surface area contributed by atoms with E-state index in [9.17, 15) is 0 Å². The van der Waals surface area contributed by atoms with Crippen molar-refractivity contribution in [3.8, 4) is 0 Å². The molecule has 0 saturated carbocycles. The molecule has 0 radical (unpaired) electrons. The van der Waals surface area contributed by atoms with E-state index in [1.165, 1.54) is 198 Å². The Labute approximate surface area is 259 Å². The zero-order valence-corrected chi connectivity index (χ0v) is 29.0. The third kappa shape index (κ3) is 21.5. The maximum Gasteiger partial charge on any atom is 0.257 e. The van der Waals surface area contributed by atoms with Crippen LogP contribution < -0.4 is 4.57 Å². The summed E-state index contributed by atoms with van der Waals surface area (Å²) in [4.78, 5) is 3.65. The lowest BCUT2D eigenvalue weighted by Gasteiger charge is -2.16. The highest BCUT2D eigenvalue weighted by molar-refractivity contribution is 4.89. The third-order valence-electron chi connectivity index (χ3n) is 9.73. The van der Waals surface area contributed by atoms with Crippen LogP contribution in [0.3, 0.4) is 0 Å². The standard InChI is InChI=1S/C39H76N2/c1-5-8-10-12-14-16-18-19-20-21-22-24-26-28-30-32-34-38(7-3)39-40-35-36-41(39)37(4)33-31-29-27-25-23-17-15-13-11-9-6-2/h35-38H,5-34H2,1-4H3/p+1. The van der Waals surface area contributed by atoms with Crippen molar-refractivity contribution < 1.29 is 4.57 Å². The zero-order valence-electron chi connectivity index (χ0n) is 29.0. The predicted molar refractivity (Wildman–Crippen MR) is 184 cm³/mol. The molecule has 0 fully saturated rings. The molecule has 2 atom stereocenters. The van der Waals surface area contributed by atoms with Crippen LogP contribution in [0.25, 0.3) is 0 Å². The average molecular weight is 574 g/mol. The molecule has 1 heterocycles. The number of H-pyrrole nitrogens is 1. The van der Waals surface area contributed by atoms with Crippen LogP contribution in [0.1, 0.15) is 238 Å². The molecule has 0 aliphatic rings. The summed E-state index contributed by atoms with van der Waals surface area (Å²) >= 11 is 0. The molecular weight excluding hydrogens is 496 g/mol.